The molecule has 0 aliphatic heterocycles. The van der Waals surface area contributed by atoms with Crippen LogP contribution in [0.2, 0.25) is 0 Å². The van der Waals surface area contributed by atoms with Crippen molar-refractivity contribution >= 4 is 22.9 Å². The van der Waals surface area contributed by atoms with Gasteiger partial charge >= 0.3 is 0 Å². The predicted octanol–water partition coefficient (Wildman–Crippen LogP) is 3.46. The first-order valence-electron chi connectivity index (χ1n) is 5.41. The second-order valence-corrected chi connectivity index (χ2v) is 3.74. The van der Waals surface area contributed by atoms with Gasteiger partial charge < -0.3 is 4.42 Å². The third-order valence-electron chi connectivity index (χ3n) is 2.58. The summed E-state index contributed by atoms with van der Waals surface area (Å²) >= 11 is 0. The number of benzene rings is 2. The monoisotopic (exact) mass is 236 g/mol. The normalized spacial score (nSPS) is 10.2. The number of hydrogen-bond acceptors (Lipinski definition) is 4. The van der Waals surface area contributed by atoms with Crippen molar-refractivity contribution in [2.75, 3.05) is 0 Å². The van der Waals surface area contributed by atoms with Gasteiger partial charge in [-0.15, -0.1) is 0 Å². The Kier molecular flexibility index (Phi) is 2.48. The number of isocyanates is 1. The highest BCUT2D eigenvalue weighted by atomic mass is 16.3. The van der Waals surface area contributed by atoms with Gasteiger partial charge in [-0.2, -0.15) is 4.99 Å². The zero-order valence-electron chi connectivity index (χ0n) is 9.33. The maximum Gasteiger partial charge on any atom is 0.240 e. The molecule has 0 unspecified atom stereocenters. The summed E-state index contributed by atoms with van der Waals surface area (Å²) in [6, 6.07) is 14.6. The third kappa shape index (κ3) is 1.81. The zero-order chi connectivity index (χ0) is 12.4. The van der Waals surface area contributed by atoms with E-state index in [1.165, 1.54) is 6.08 Å². The molecule has 0 aliphatic rings. The molecule has 4 nitrogen and oxygen atoms in total. The van der Waals surface area contributed by atoms with Crippen molar-refractivity contribution in [3.8, 4) is 11.5 Å². The molecule has 4 heteroatoms. The summed E-state index contributed by atoms with van der Waals surface area (Å²) < 4.78 is 5.63. The van der Waals surface area contributed by atoms with Crippen molar-refractivity contribution in [3.05, 3.63) is 48.5 Å². The molecule has 0 bridgehead atoms. The van der Waals surface area contributed by atoms with Crippen molar-refractivity contribution in [3.63, 3.8) is 0 Å². The van der Waals surface area contributed by atoms with Crippen LogP contribution in [0, 0.1) is 0 Å². The number of aliphatic imine (C=N–C) groups is 1. The second-order valence-electron chi connectivity index (χ2n) is 3.74. The summed E-state index contributed by atoms with van der Waals surface area (Å²) in [5.41, 5.74) is 2.98. The van der Waals surface area contributed by atoms with Crippen LogP contribution in [-0.2, 0) is 4.79 Å². The molecular formula is C14H8N2O2. The van der Waals surface area contributed by atoms with Crippen molar-refractivity contribution in [1.82, 2.24) is 4.98 Å². The summed E-state index contributed by atoms with van der Waals surface area (Å²) in [6.07, 6.45) is 1.50. The minimum absolute atomic E-state index is 0.554. The number of aromatic nitrogens is 1. The van der Waals surface area contributed by atoms with Crippen LogP contribution in [0.3, 0.4) is 0 Å². The van der Waals surface area contributed by atoms with E-state index in [0.717, 1.165) is 16.7 Å². The lowest BCUT2D eigenvalue weighted by atomic mass is 10.2. The molecule has 0 spiro atoms. The Labute approximate surface area is 103 Å². The first kappa shape index (κ1) is 10.4. The minimum atomic E-state index is 0.554. The molecule has 0 radical (unpaired) electrons. The van der Waals surface area contributed by atoms with E-state index in [-0.39, 0.29) is 0 Å². The summed E-state index contributed by atoms with van der Waals surface area (Å²) in [7, 11) is 0. The molecule has 0 saturated carbocycles. The Morgan fingerprint density at radius 2 is 1.83 bits per heavy atom. The van der Waals surface area contributed by atoms with Crippen LogP contribution < -0.4 is 0 Å². The highest BCUT2D eigenvalue weighted by molar-refractivity contribution is 5.76. The van der Waals surface area contributed by atoms with Gasteiger partial charge in [0.25, 0.3) is 0 Å². The molecule has 3 aromatic rings. The molecule has 86 valence electrons. The number of fused-ring (bicyclic) bond motifs is 1. The topological polar surface area (TPSA) is 55.5 Å². The number of para-hydroxylation sites is 2. The van der Waals surface area contributed by atoms with Gasteiger partial charge in [-0.1, -0.05) is 12.1 Å². The fourth-order valence-electron chi connectivity index (χ4n) is 1.73. The molecule has 0 N–H and O–H groups in total. The standard InChI is InChI=1S/C14H8N2O2/c17-9-15-11-7-5-10(6-8-11)14-16-12-3-1-2-4-13(12)18-14/h1-8H. The first-order chi connectivity index (χ1) is 8.86. The lowest BCUT2D eigenvalue weighted by Crippen LogP contribution is -1.75. The summed E-state index contributed by atoms with van der Waals surface area (Å²) in [4.78, 5) is 18.0. The SMILES string of the molecule is O=C=Nc1ccc(-c2nc3ccccc3o2)cc1. The Bertz CT molecular complexity index is 705. The molecule has 18 heavy (non-hydrogen) atoms. The summed E-state index contributed by atoms with van der Waals surface area (Å²) in [6.45, 7) is 0. The largest absolute Gasteiger partial charge is 0.436 e. The Balaban J connectivity index is 2.05. The van der Waals surface area contributed by atoms with E-state index in [4.69, 9.17) is 4.42 Å². The average Bonchev–Trinajstić information content (AvgIpc) is 2.84. The molecular weight excluding hydrogens is 228 g/mol. The van der Waals surface area contributed by atoms with E-state index in [1.807, 2.05) is 24.3 Å². The quantitative estimate of drug-likeness (QED) is 0.505. The highest BCUT2D eigenvalue weighted by Gasteiger charge is 2.07. The van der Waals surface area contributed by atoms with E-state index < -0.39 is 0 Å². The predicted molar refractivity (Wildman–Crippen MR) is 67.2 cm³/mol. The molecule has 1 heterocycles. The van der Waals surface area contributed by atoms with Crippen molar-refractivity contribution in [1.29, 1.82) is 0 Å². The van der Waals surface area contributed by atoms with E-state index in [2.05, 4.69) is 9.98 Å². The van der Waals surface area contributed by atoms with Crippen molar-refractivity contribution in [2.45, 2.75) is 0 Å². The first-order valence-corrected chi connectivity index (χ1v) is 5.41. The van der Waals surface area contributed by atoms with Gasteiger partial charge in [-0.3, -0.25) is 0 Å². The van der Waals surface area contributed by atoms with Gasteiger partial charge in [0, 0.05) is 5.56 Å². The van der Waals surface area contributed by atoms with Crippen LogP contribution >= 0.6 is 0 Å². The molecule has 0 fully saturated rings. The van der Waals surface area contributed by atoms with E-state index in [0.29, 0.717) is 11.6 Å². The lowest BCUT2D eigenvalue weighted by molar-refractivity contribution is 0.565. The second kappa shape index (κ2) is 4.28. The Morgan fingerprint density at radius 3 is 2.56 bits per heavy atom. The van der Waals surface area contributed by atoms with E-state index >= 15 is 0 Å². The lowest BCUT2D eigenvalue weighted by Gasteiger charge is -1.94. The Hall–Kier alpha value is -2.71. The Morgan fingerprint density at radius 1 is 1.06 bits per heavy atom. The van der Waals surface area contributed by atoms with Crippen LogP contribution in [0.1, 0.15) is 0 Å². The zero-order valence-corrected chi connectivity index (χ0v) is 9.33. The maximum absolute atomic E-state index is 10.1. The van der Waals surface area contributed by atoms with Gasteiger partial charge in [0.2, 0.25) is 12.0 Å². The average molecular weight is 236 g/mol. The van der Waals surface area contributed by atoms with Gasteiger partial charge in [0.1, 0.15) is 5.52 Å². The maximum atomic E-state index is 10.1. The van der Waals surface area contributed by atoms with Crippen LogP contribution in [0.4, 0.5) is 5.69 Å². The van der Waals surface area contributed by atoms with Gasteiger partial charge in [0.05, 0.1) is 5.69 Å². The smallest absolute Gasteiger partial charge is 0.240 e. The molecule has 0 amide bonds. The highest BCUT2D eigenvalue weighted by Crippen LogP contribution is 2.25. The van der Waals surface area contributed by atoms with Crippen molar-refractivity contribution in [2.24, 2.45) is 4.99 Å². The molecule has 0 saturated heterocycles. The van der Waals surface area contributed by atoms with Crippen LogP contribution in [-0.4, -0.2) is 11.1 Å². The van der Waals surface area contributed by atoms with Crippen LogP contribution in [0.25, 0.3) is 22.6 Å². The number of hydrogen-bond donors (Lipinski definition) is 0. The third-order valence-corrected chi connectivity index (χ3v) is 2.58. The van der Waals surface area contributed by atoms with E-state index in [9.17, 15) is 4.79 Å². The van der Waals surface area contributed by atoms with Crippen LogP contribution in [0.5, 0.6) is 0 Å². The number of nitrogens with zero attached hydrogens (tertiary/aromatic N) is 2. The number of rotatable bonds is 2. The fraction of sp³-hybridized carbons (Fsp3) is 0. The van der Waals surface area contributed by atoms with Gasteiger partial charge in [0.15, 0.2) is 5.58 Å². The minimum Gasteiger partial charge on any atom is -0.436 e. The number of carbonyl (C=O) groups excluding carboxylic acids is 1. The van der Waals surface area contributed by atoms with Crippen LogP contribution in [0.15, 0.2) is 57.9 Å². The molecule has 3 rings (SSSR count). The summed E-state index contributed by atoms with van der Waals surface area (Å²) in [5, 5.41) is 0. The van der Waals surface area contributed by atoms with Gasteiger partial charge in [-0.25, -0.2) is 9.78 Å². The molecule has 2 aromatic carbocycles. The molecule has 0 aliphatic carbocycles. The molecule has 1 aromatic heterocycles. The van der Waals surface area contributed by atoms with Crippen molar-refractivity contribution < 1.29 is 9.21 Å². The fourth-order valence-corrected chi connectivity index (χ4v) is 1.73. The van der Waals surface area contributed by atoms with Gasteiger partial charge in [-0.05, 0) is 36.4 Å². The number of oxazole rings is 1. The molecule has 0 atom stereocenters. The summed E-state index contributed by atoms with van der Waals surface area (Å²) in [5.74, 6) is 0.554. The van der Waals surface area contributed by atoms with E-state index in [1.54, 1.807) is 24.3 Å².